The van der Waals surface area contributed by atoms with E-state index in [0.717, 1.165) is 11.1 Å². The van der Waals surface area contributed by atoms with Gasteiger partial charge in [-0.15, -0.1) is 0 Å². The number of benzene rings is 1. The molecule has 2 rings (SSSR count). The Hall–Kier alpha value is -2.89. The van der Waals surface area contributed by atoms with E-state index in [4.69, 9.17) is 9.47 Å². The van der Waals surface area contributed by atoms with Gasteiger partial charge in [0.2, 0.25) is 5.78 Å². The molecule has 0 fully saturated rings. The molecule has 1 aromatic heterocycles. The third-order valence-corrected chi connectivity index (χ3v) is 4.94. The number of nitrogens with one attached hydrogen (secondary N) is 1. The fraction of sp³-hybridized carbons (Fsp3) is 0.435. The predicted octanol–water partition coefficient (Wildman–Crippen LogP) is 4.46. The van der Waals surface area contributed by atoms with Gasteiger partial charge in [-0.1, -0.05) is 26.0 Å². The van der Waals surface area contributed by atoms with Gasteiger partial charge in [-0.05, 0) is 63.3 Å². The van der Waals surface area contributed by atoms with Gasteiger partial charge in [0.1, 0.15) is 5.75 Å². The molecule has 1 N–H and O–H groups in total. The van der Waals surface area contributed by atoms with Crippen LogP contribution in [0.25, 0.3) is 0 Å². The molecule has 6 heteroatoms. The summed E-state index contributed by atoms with van der Waals surface area (Å²) in [6.07, 6.45) is -0.995. The van der Waals surface area contributed by atoms with Crippen molar-refractivity contribution in [2.45, 2.75) is 60.5 Å². The van der Waals surface area contributed by atoms with Crippen LogP contribution in [0.1, 0.15) is 76.8 Å². The third-order valence-electron chi connectivity index (χ3n) is 4.94. The molecule has 0 saturated carbocycles. The molecule has 6 nitrogen and oxygen atoms in total. The van der Waals surface area contributed by atoms with Crippen molar-refractivity contribution in [2.75, 3.05) is 6.61 Å². The lowest BCUT2D eigenvalue weighted by atomic mass is 10.0. The van der Waals surface area contributed by atoms with E-state index in [0.29, 0.717) is 28.5 Å². The Morgan fingerprint density at radius 1 is 1.07 bits per heavy atom. The van der Waals surface area contributed by atoms with Crippen molar-refractivity contribution < 1.29 is 23.9 Å². The highest BCUT2D eigenvalue weighted by atomic mass is 16.6. The monoisotopic (exact) mass is 399 g/mol. The largest absolute Gasteiger partial charge is 0.482 e. The first kappa shape index (κ1) is 22.4. The smallest absolute Gasteiger partial charge is 0.344 e. The molecule has 1 atom stereocenters. The van der Waals surface area contributed by atoms with Crippen molar-refractivity contribution in [1.82, 2.24) is 4.98 Å². The molecule has 0 aliphatic rings. The number of esters is 1. The molecule has 0 saturated heterocycles. The van der Waals surface area contributed by atoms with E-state index in [1.165, 1.54) is 13.8 Å². The molecule has 1 aromatic carbocycles. The lowest BCUT2D eigenvalue weighted by Crippen LogP contribution is -2.28. The summed E-state index contributed by atoms with van der Waals surface area (Å²) in [7, 11) is 0. The van der Waals surface area contributed by atoms with E-state index in [1.54, 1.807) is 13.8 Å². The second-order valence-electron chi connectivity index (χ2n) is 7.65. The number of aromatic amines is 1. The van der Waals surface area contributed by atoms with Crippen molar-refractivity contribution in [1.29, 1.82) is 0 Å². The number of H-pyrrole nitrogens is 1. The van der Waals surface area contributed by atoms with Gasteiger partial charge >= 0.3 is 5.97 Å². The number of rotatable bonds is 8. The average Bonchev–Trinajstić information content (AvgIpc) is 2.94. The van der Waals surface area contributed by atoms with Crippen LogP contribution in [0, 0.1) is 20.8 Å². The molecule has 0 unspecified atom stereocenters. The quantitative estimate of drug-likeness (QED) is 0.523. The first-order valence-corrected chi connectivity index (χ1v) is 9.70. The number of ether oxygens (including phenoxy) is 2. The Balaban J connectivity index is 2.03. The molecule has 29 heavy (non-hydrogen) atoms. The second kappa shape index (κ2) is 9.07. The standard InChI is InChI=1S/C23H29NO5/c1-12(2)18-9-8-13(3)19(10-18)28-11-20(26)29-17(7)23(27)22-14(4)21(16(6)25)15(5)24-22/h8-10,12,17,24H,11H2,1-7H3/t17-/m1/s1. The zero-order valence-corrected chi connectivity index (χ0v) is 18.1. The van der Waals surface area contributed by atoms with E-state index in [9.17, 15) is 14.4 Å². The topological polar surface area (TPSA) is 85.5 Å². The highest BCUT2D eigenvalue weighted by Gasteiger charge is 2.26. The van der Waals surface area contributed by atoms with Crippen LogP contribution in [0.5, 0.6) is 5.75 Å². The Morgan fingerprint density at radius 2 is 1.72 bits per heavy atom. The molecule has 0 radical (unpaired) electrons. The maximum atomic E-state index is 12.7. The lowest BCUT2D eigenvalue weighted by molar-refractivity contribution is -0.148. The Kier molecular flexibility index (Phi) is 7.01. The number of aryl methyl sites for hydroxylation is 2. The van der Waals surface area contributed by atoms with Crippen LogP contribution >= 0.6 is 0 Å². The Labute approximate surface area is 171 Å². The highest BCUT2D eigenvalue weighted by molar-refractivity contribution is 6.05. The van der Waals surface area contributed by atoms with Crippen molar-refractivity contribution >= 4 is 17.5 Å². The second-order valence-corrected chi connectivity index (χ2v) is 7.65. The van der Waals surface area contributed by atoms with E-state index >= 15 is 0 Å². The minimum atomic E-state index is -0.995. The van der Waals surface area contributed by atoms with E-state index in [1.807, 2.05) is 25.1 Å². The number of hydrogen-bond acceptors (Lipinski definition) is 5. The summed E-state index contributed by atoms with van der Waals surface area (Å²) in [5, 5.41) is 0. The zero-order chi connectivity index (χ0) is 21.9. The summed E-state index contributed by atoms with van der Waals surface area (Å²) in [6.45, 7) is 12.2. The van der Waals surface area contributed by atoms with Gasteiger partial charge < -0.3 is 14.5 Å². The van der Waals surface area contributed by atoms with Gasteiger partial charge in [0, 0.05) is 11.3 Å². The number of Topliss-reactive ketones (excluding diaryl/α,β-unsaturated/α-hetero) is 2. The van der Waals surface area contributed by atoms with Crippen LogP contribution in [0.15, 0.2) is 18.2 Å². The van der Waals surface area contributed by atoms with Crippen molar-refractivity contribution in [3.05, 3.63) is 51.8 Å². The van der Waals surface area contributed by atoms with Crippen molar-refractivity contribution in [2.24, 2.45) is 0 Å². The Bertz CT molecular complexity index is 939. The van der Waals surface area contributed by atoms with Crippen LogP contribution in [-0.4, -0.2) is 35.2 Å². The number of aromatic nitrogens is 1. The summed E-state index contributed by atoms with van der Waals surface area (Å²) in [4.78, 5) is 39.6. The average molecular weight is 399 g/mol. The maximum absolute atomic E-state index is 12.7. The fourth-order valence-corrected chi connectivity index (χ4v) is 3.28. The molecule has 156 valence electrons. The normalized spacial score (nSPS) is 12.0. The molecular formula is C23H29NO5. The van der Waals surface area contributed by atoms with Gasteiger partial charge in [-0.2, -0.15) is 0 Å². The van der Waals surface area contributed by atoms with Crippen LogP contribution in [-0.2, 0) is 9.53 Å². The summed E-state index contributed by atoms with van der Waals surface area (Å²) in [5.74, 6) is -0.172. The van der Waals surface area contributed by atoms with Crippen LogP contribution in [0.2, 0.25) is 0 Å². The number of hydrogen-bond donors (Lipinski definition) is 1. The fourth-order valence-electron chi connectivity index (χ4n) is 3.28. The van der Waals surface area contributed by atoms with E-state index in [-0.39, 0.29) is 23.9 Å². The molecule has 2 aromatic rings. The highest BCUT2D eigenvalue weighted by Crippen LogP contribution is 2.24. The summed E-state index contributed by atoms with van der Waals surface area (Å²) in [5.41, 5.74) is 4.01. The Morgan fingerprint density at radius 3 is 2.28 bits per heavy atom. The van der Waals surface area contributed by atoms with Gasteiger partial charge in [0.05, 0.1) is 5.69 Å². The SMILES string of the molecule is CC(=O)c1c(C)[nH]c(C(=O)[C@@H](C)OC(=O)COc2cc(C(C)C)ccc2C)c1C. The lowest BCUT2D eigenvalue weighted by Gasteiger charge is -2.15. The van der Waals surface area contributed by atoms with Crippen LogP contribution in [0.3, 0.4) is 0 Å². The van der Waals surface area contributed by atoms with Gasteiger partial charge in [0.15, 0.2) is 18.5 Å². The van der Waals surface area contributed by atoms with Crippen LogP contribution in [0.4, 0.5) is 0 Å². The van der Waals surface area contributed by atoms with E-state index < -0.39 is 12.1 Å². The van der Waals surface area contributed by atoms with Gasteiger partial charge in [0.25, 0.3) is 0 Å². The molecule has 0 aliphatic carbocycles. The van der Waals surface area contributed by atoms with E-state index in [2.05, 4.69) is 18.8 Å². The molecule has 0 aliphatic heterocycles. The van der Waals surface area contributed by atoms with Gasteiger partial charge in [-0.3, -0.25) is 9.59 Å². The summed E-state index contributed by atoms with van der Waals surface area (Å²) in [6, 6.07) is 5.89. The maximum Gasteiger partial charge on any atom is 0.344 e. The third kappa shape index (κ3) is 5.13. The molecule has 0 bridgehead atoms. The summed E-state index contributed by atoms with van der Waals surface area (Å²) < 4.78 is 10.9. The zero-order valence-electron chi connectivity index (χ0n) is 18.1. The number of carbonyl (C=O) groups excluding carboxylic acids is 3. The molecule has 0 spiro atoms. The van der Waals surface area contributed by atoms with Gasteiger partial charge in [-0.25, -0.2) is 4.79 Å². The minimum absolute atomic E-state index is 0.118. The number of ketones is 2. The first-order chi connectivity index (χ1) is 13.5. The predicted molar refractivity (Wildman–Crippen MR) is 111 cm³/mol. The minimum Gasteiger partial charge on any atom is -0.482 e. The van der Waals surface area contributed by atoms with Crippen LogP contribution < -0.4 is 4.74 Å². The molecule has 0 amide bonds. The van der Waals surface area contributed by atoms with Crippen molar-refractivity contribution in [3.8, 4) is 5.75 Å². The van der Waals surface area contributed by atoms with Crippen molar-refractivity contribution in [3.63, 3.8) is 0 Å². The summed E-state index contributed by atoms with van der Waals surface area (Å²) >= 11 is 0. The molecular weight excluding hydrogens is 370 g/mol. The molecule has 1 heterocycles. The number of carbonyl (C=O) groups is 3. The first-order valence-electron chi connectivity index (χ1n) is 9.70.